The van der Waals surface area contributed by atoms with E-state index in [0.717, 1.165) is 4.32 Å². The average molecular weight is 234 g/mol. The molecule has 7 heavy (non-hydrogen) atoms. The van der Waals surface area contributed by atoms with Gasteiger partial charge in [0.25, 0.3) is 0 Å². The summed E-state index contributed by atoms with van der Waals surface area (Å²) < 4.78 is 0.843. The van der Waals surface area contributed by atoms with E-state index >= 15 is 0 Å². The molecule has 0 aliphatic heterocycles. The molecule has 0 heterocycles. The van der Waals surface area contributed by atoms with Gasteiger partial charge in [0.1, 0.15) is 4.32 Å². The smallest absolute Gasteiger partial charge is 0.133 e. The second-order valence-corrected chi connectivity index (χ2v) is 2.22. The van der Waals surface area contributed by atoms with Crippen LogP contribution >= 0.6 is 24.0 Å². The Kier molecular flexibility index (Phi) is 11.3. The van der Waals surface area contributed by atoms with Crippen molar-refractivity contribution >= 4 is 28.3 Å². The number of thiocarbonyl (C=S) groups is 1. The Labute approximate surface area is 73.8 Å². The van der Waals surface area contributed by atoms with E-state index in [1.54, 1.807) is 11.8 Å². The predicted molar refractivity (Wildman–Crippen MR) is 35.2 cm³/mol. The zero-order valence-corrected chi connectivity index (χ0v) is 10.2. The van der Waals surface area contributed by atoms with Gasteiger partial charge in [-0.3, -0.25) is 0 Å². The maximum absolute atomic E-state index is 4.71. The minimum Gasteiger partial charge on any atom is -0.374 e. The van der Waals surface area contributed by atoms with E-state index in [1.165, 1.54) is 0 Å². The molecule has 0 unspecified atom stereocenters. The second-order valence-electron chi connectivity index (χ2n) is 0.742. The molecule has 0 radical (unpaired) electrons. The van der Waals surface area contributed by atoms with Crippen LogP contribution in [0, 0.1) is 0 Å². The van der Waals surface area contributed by atoms with Crippen LogP contribution in [0.4, 0.5) is 0 Å². The van der Waals surface area contributed by atoms with Crippen LogP contribution in [-0.4, -0.2) is 17.6 Å². The van der Waals surface area contributed by atoms with Gasteiger partial charge in [-0.2, -0.15) is 0 Å². The fourth-order valence-electron chi connectivity index (χ4n) is 0.102. The Bertz CT molecular complexity index is 50.9. The molecule has 0 atom stereocenters. The molecule has 1 nitrogen and oxygen atoms in total. The molecule has 0 aromatic carbocycles. The third-order valence-electron chi connectivity index (χ3n) is 0.390. The van der Waals surface area contributed by atoms with Crippen molar-refractivity contribution in [3.8, 4) is 0 Å². The summed E-state index contributed by atoms with van der Waals surface area (Å²) in [5, 5.41) is 2.81. The van der Waals surface area contributed by atoms with Crippen molar-refractivity contribution < 1.29 is 27.3 Å². The summed E-state index contributed by atoms with van der Waals surface area (Å²) in [5.41, 5.74) is 0. The first-order chi connectivity index (χ1) is 2.81. The molecule has 0 bridgehead atoms. The molecule has 0 saturated heterocycles. The van der Waals surface area contributed by atoms with Crippen LogP contribution in [0.25, 0.3) is 0 Å². The molecule has 4 heteroatoms. The van der Waals surface area contributed by atoms with Gasteiger partial charge in [0.15, 0.2) is 0 Å². The van der Waals surface area contributed by atoms with Crippen molar-refractivity contribution in [1.29, 1.82) is 0 Å². The Hall–Kier alpha value is 1.16. The third kappa shape index (κ3) is 7.16. The average Bonchev–Trinajstić information content (AvgIpc) is 1.65. The van der Waals surface area contributed by atoms with E-state index in [2.05, 4.69) is 5.32 Å². The van der Waals surface area contributed by atoms with E-state index in [-0.39, 0.29) is 27.3 Å². The van der Waals surface area contributed by atoms with Crippen LogP contribution in [0.3, 0.4) is 0 Å². The topological polar surface area (TPSA) is 12.0 Å². The summed E-state index contributed by atoms with van der Waals surface area (Å²) in [4.78, 5) is 0. The molecule has 38 valence electrons. The zero-order chi connectivity index (χ0) is 4.99. The van der Waals surface area contributed by atoms with Gasteiger partial charge in [0, 0.05) is 34.3 Å². The summed E-state index contributed by atoms with van der Waals surface area (Å²) in [6.07, 6.45) is 1.94. The van der Waals surface area contributed by atoms with Crippen LogP contribution in [-0.2, 0) is 27.3 Å². The third-order valence-corrected chi connectivity index (χ3v) is 1.67. The van der Waals surface area contributed by atoms with Gasteiger partial charge >= 0.3 is 0 Å². The number of nitrogens with one attached hydrogen (secondary N) is 1. The van der Waals surface area contributed by atoms with Crippen molar-refractivity contribution in [2.45, 2.75) is 0 Å². The molecule has 0 rings (SSSR count). The largest absolute Gasteiger partial charge is 0.374 e. The molecule has 0 spiro atoms. The van der Waals surface area contributed by atoms with Gasteiger partial charge in [0.2, 0.25) is 0 Å². The summed E-state index contributed by atoms with van der Waals surface area (Å²) in [5.74, 6) is 0. The fraction of sp³-hybridized carbons (Fsp3) is 0.667. The Morgan fingerprint density at radius 1 is 1.71 bits per heavy atom. The van der Waals surface area contributed by atoms with E-state index in [9.17, 15) is 0 Å². The quantitative estimate of drug-likeness (QED) is 0.492. The normalized spacial score (nSPS) is 6.57. The number of thioether (sulfide) groups is 1. The van der Waals surface area contributed by atoms with Crippen molar-refractivity contribution in [1.82, 2.24) is 5.32 Å². The predicted octanol–water partition coefficient (Wildman–Crippen LogP) is 0.851. The van der Waals surface area contributed by atoms with Crippen LogP contribution in [0.1, 0.15) is 0 Å². The molecule has 0 aromatic rings. The summed E-state index contributed by atoms with van der Waals surface area (Å²) in [7, 11) is 1.82. The van der Waals surface area contributed by atoms with Gasteiger partial charge in [-0.1, -0.05) is 12.2 Å². The van der Waals surface area contributed by atoms with Crippen LogP contribution in [0.2, 0.25) is 0 Å². The standard InChI is InChI=1S/C3H7NS2.Cd/c1-4-3(5)6-2;/h1-2H3,(H,4,5);. The number of hydrogen-bond acceptors (Lipinski definition) is 2. The first kappa shape index (κ1) is 11.0. The van der Waals surface area contributed by atoms with Gasteiger partial charge < -0.3 is 5.32 Å². The molecule has 0 amide bonds. The van der Waals surface area contributed by atoms with Crippen LogP contribution in [0.5, 0.6) is 0 Å². The van der Waals surface area contributed by atoms with Gasteiger partial charge in [0.05, 0.1) is 0 Å². The van der Waals surface area contributed by atoms with Crippen LogP contribution in [0.15, 0.2) is 0 Å². The summed E-state index contributed by atoms with van der Waals surface area (Å²) >= 11 is 6.25. The molecule has 0 aliphatic carbocycles. The van der Waals surface area contributed by atoms with Gasteiger partial charge in [-0.15, -0.1) is 11.8 Å². The van der Waals surface area contributed by atoms with E-state index < -0.39 is 0 Å². The summed E-state index contributed by atoms with van der Waals surface area (Å²) in [6.45, 7) is 0. The van der Waals surface area contributed by atoms with Crippen molar-refractivity contribution in [2.24, 2.45) is 0 Å². The minimum atomic E-state index is 0. The van der Waals surface area contributed by atoms with Gasteiger partial charge in [-0.25, -0.2) is 0 Å². The fourth-order valence-corrected chi connectivity index (χ4v) is 0.306. The molecular weight excluding hydrogens is 227 g/mol. The van der Waals surface area contributed by atoms with Crippen molar-refractivity contribution in [2.75, 3.05) is 13.3 Å². The Morgan fingerprint density at radius 2 is 2.14 bits per heavy atom. The van der Waals surface area contributed by atoms with E-state index in [0.29, 0.717) is 0 Å². The number of hydrogen-bond donors (Lipinski definition) is 1. The number of rotatable bonds is 0. The monoisotopic (exact) mass is 235 g/mol. The van der Waals surface area contributed by atoms with Crippen molar-refractivity contribution in [3.63, 3.8) is 0 Å². The molecule has 1 N–H and O–H groups in total. The second kappa shape index (κ2) is 7.16. The van der Waals surface area contributed by atoms with Crippen LogP contribution < -0.4 is 5.32 Å². The maximum atomic E-state index is 4.71. The first-order valence-corrected chi connectivity index (χ1v) is 3.20. The molecule has 0 aromatic heterocycles. The van der Waals surface area contributed by atoms with Crippen molar-refractivity contribution in [3.05, 3.63) is 0 Å². The molecule has 0 fully saturated rings. The first-order valence-electron chi connectivity index (χ1n) is 1.57. The molecule has 0 saturated carbocycles. The Balaban J connectivity index is 0. The van der Waals surface area contributed by atoms with E-state index in [4.69, 9.17) is 12.2 Å². The molecule has 0 aliphatic rings. The summed E-state index contributed by atoms with van der Waals surface area (Å²) in [6, 6.07) is 0. The maximum Gasteiger partial charge on any atom is 0.133 e. The SMILES string of the molecule is CNC(=S)SC.[Cd]. The van der Waals surface area contributed by atoms with E-state index in [1.807, 2.05) is 13.3 Å². The van der Waals surface area contributed by atoms with Gasteiger partial charge in [-0.05, 0) is 6.26 Å². The molecular formula is C3H7CdNS2. The zero-order valence-electron chi connectivity index (χ0n) is 4.52. The minimum absolute atomic E-state index is 0. The Morgan fingerprint density at radius 3 is 2.14 bits per heavy atom.